The van der Waals surface area contributed by atoms with Crippen LogP contribution in [0.5, 0.6) is 0 Å². The van der Waals surface area contributed by atoms with Crippen LogP contribution in [0.4, 0.5) is 0 Å². The van der Waals surface area contributed by atoms with Crippen LogP contribution in [0, 0.1) is 5.41 Å². The molecule has 5 aliphatic rings. The zero-order valence-corrected chi connectivity index (χ0v) is 35.1. The first-order valence-corrected chi connectivity index (χ1v) is 21.6. The minimum Gasteiger partial charge on any atom is -0.458 e. The Morgan fingerprint density at radius 2 is 1.52 bits per heavy atom. The van der Waals surface area contributed by atoms with Crippen molar-refractivity contribution in [3.8, 4) is 0 Å². The van der Waals surface area contributed by atoms with E-state index in [0.717, 1.165) is 11.1 Å². The summed E-state index contributed by atoms with van der Waals surface area (Å²) in [6.07, 6.45) is -7.09. The van der Waals surface area contributed by atoms with Gasteiger partial charge < -0.3 is 59.9 Å². The number of hydrogen-bond acceptors (Lipinski definition) is 15. The molecule has 4 aromatic rings. The van der Waals surface area contributed by atoms with Crippen LogP contribution in [0.2, 0.25) is 0 Å². The fourth-order valence-corrected chi connectivity index (χ4v) is 9.64. The first-order valence-electron chi connectivity index (χ1n) is 21.6. The predicted molar refractivity (Wildman–Crippen MR) is 227 cm³/mol. The summed E-state index contributed by atoms with van der Waals surface area (Å²) in [5.41, 5.74) is 2.36. The van der Waals surface area contributed by atoms with Crippen molar-refractivity contribution in [3.05, 3.63) is 149 Å². The largest absolute Gasteiger partial charge is 0.458 e. The standard InChI is InChI=1S/C48H51N3O14/c52-20-19-49-43(57)31-14-8-11-29(23-31)25-50-46(59)47-24-34-39-40(64-48(63-39,32-15-3-1-4-16-32)33-17-5-2-6-18-33)42(47)65-51(41(47)44(58)61-34)26-30-12-7-10-28(22-30)13-9-21-60-45-38(56)37(55)36(54)35(27-53)62-45/h1-18,22-23,34-42,45,52-56H,19-21,24-27H2,(H,49,57)(H,50,59)/t34-,35-,36+,37+,38-,39+,40+,41+,42-,45+,47+/m1/s1. The van der Waals surface area contributed by atoms with Crippen molar-refractivity contribution in [2.24, 2.45) is 5.41 Å². The lowest BCUT2D eigenvalue weighted by Crippen LogP contribution is -2.69. The molecular formula is C48H51N3O14. The summed E-state index contributed by atoms with van der Waals surface area (Å²) < 4.78 is 31.3. The molecule has 0 aromatic heterocycles. The third kappa shape index (κ3) is 8.38. The monoisotopic (exact) mass is 893 g/mol. The van der Waals surface area contributed by atoms with Crippen LogP contribution in [-0.4, -0.2) is 136 Å². The third-order valence-corrected chi connectivity index (χ3v) is 12.7. The van der Waals surface area contributed by atoms with Gasteiger partial charge in [0.1, 0.15) is 54.2 Å². The molecule has 4 heterocycles. The minimum atomic E-state index is -1.57. The Morgan fingerprint density at radius 1 is 0.815 bits per heavy atom. The molecule has 2 bridgehead atoms. The number of benzene rings is 4. The van der Waals surface area contributed by atoms with Crippen LogP contribution in [0.3, 0.4) is 0 Å². The second-order valence-corrected chi connectivity index (χ2v) is 16.8. The maximum atomic E-state index is 15.0. The van der Waals surface area contributed by atoms with Crippen LogP contribution in [0.15, 0.2) is 115 Å². The smallest absolute Gasteiger partial charge is 0.327 e. The number of aliphatic hydroxyl groups excluding tert-OH is 5. The summed E-state index contributed by atoms with van der Waals surface area (Å²) in [6, 6.07) is 31.9. The molecule has 4 aliphatic heterocycles. The first-order chi connectivity index (χ1) is 31.6. The van der Waals surface area contributed by atoms with Gasteiger partial charge in [0.2, 0.25) is 11.7 Å². The fraction of sp³-hybridized carbons (Fsp3) is 0.396. The molecule has 4 saturated heterocycles. The minimum absolute atomic E-state index is 0.0265. The quantitative estimate of drug-likeness (QED) is 0.0827. The van der Waals surface area contributed by atoms with Crippen LogP contribution in [0.25, 0.3) is 6.08 Å². The van der Waals surface area contributed by atoms with Gasteiger partial charge in [-0.2, -0.15) is 5.06 Å². The van der Waals surface area contributed by atoms with Gasteiger partial charge in [-0.25, -0.2) is 0 Å². The van der Waals surface area contributed by atoms with E-state index in [1.54, 1.807) is 36.4 Å². The predicted octanol–water partition coefficient (Wildman–Crippen LogP) is 1.04. The van der Waals surface area contributed by atoms with E-state index < -0.39 is 90.8 Å². The average molecular weight is 894 g/mol. The van der Waals surface area contributed by atoms with E-state index >= 15 is 4.79 Å². The van der Waals surface area contributed by atoms with Gasteiger partial charge in [-0.15, -0.1) is 0 Å². The number of ether oxygens (including phenoxy) is 5. The number of rotatable bonds is 15. The zero-order valence-electron chi connectivity index (χ0n) is 35.1. The van der Waals surface area contributed by atoms with E-state index in [4.69, 9.17) is 28.5 Å². The molecule has 4 aromatic carbocycles. The molecular weight excluding hydrogens is 843 g/mol. The number of fused-ring (bicyclic) bond motifs is 4. The lowest BCUT2D eigenvalue weighted by molar-refractivity contribution is -0.298. The summed E-state index contributed by atoms with van der Waals surface area (Å²) >= 11 is 0. The summed E-state index contributed by atoms with van der Waals surface area (Å²) in [6.45, 7) is -0.655. The van der Waals surface area contributed by atoms with Crippen LogP contribution in [0.1, 0.15) is 44.6 Å². The Balaban J connectivity index is 0.998. The molecule has 1 saturated carbocycles. The van der Waals surface area contributed by atoms with Crippen molar-refractivity contribution < 1.29 is 68.4 Å². The number of nitrogens with zero attached hydrogens (tertiary/aromatic N) is 1. The number of carbonyl (C=O) groups is 3. The Bertz CT molecular complexity index is 2330. The molecule has 17 heteroatoms. The molecule has 11 atom stereocenters. The number of amides is 2. The topological polar surface area (TPSA) is 235 Å². The fourth-order valence-electron chi connectivity index (χ4n) is 9.64. The number of aliphatic hydroxyl groups is 5. The molecule has 1 aliphatic carbocycles. The number of hydroxylamine groups is 2. The summed E-state index contributed by atoms with van der Waals surface area (Å²) in [4.78, 5) is 49.0. The van der Waals surface area contributed by atoms with E-state index in [1.165, 1.54) is 5.06 Å². The SMILES string of the molecule is O=C(NCCO)c1cccc(CNC(=O)[C@@]23C[C@H]4OC(=O)[C@@H]2N(Cc2cccc(C=CCO[C@H]5O[C@H](CO)[C@H](O)[C@H](O)[C@H]5O)c2)O[C@@H]3[C@H]2OC(c3ccccc3)(c3ccccc3)O[C@H]24)c1. The van der Waals surface area contributed by atoms with Crippen molar-refractivity contribution in [3.63, 3.8) is 0 Å². The maximum Gasteiger partial charge on any atom is 0.327 e. The first kappa shape index (κ1) is 44.8. The normalized spacial score (nSPS) is 31.3. The van der Waals surface area contributed by atoms with Crippen molar-refractivity contribution >= 4 is 23.9 Å². The van der Waals surface area contributed by atoms with E-state index in [9.17, 15) is 35.1 Å². The number of nitrogens with one attached hydrogen (secondary N) is 2. The highest BCUT2D eigenvalue weighted by Crippen LogP contribution is 2.59. The van der Waals surface area contributed by atoms with E-state index in [0.29, 0.717) is 22.3 Å². The molecule has 0 unspecified atom stereocenters. The van der Waals surface area contributed by atoms with Crippen molar-refractivity contribution in [1.29, 1.82) is 0 Å². The van der Waals surface area contributed by atoms with Gasteiger partial charge in [-0.1, -0.05) is 109 Å². The van der Waals surface area contributed by atoms with Crippen molar-refractivity contribution in [2.75, 3.05) is 26.4 Å². The summed E-state index contributed by atoms with van der Waals surface area (Å²) in [5, 5.41) is 56.4. The molecule has 0 spiro atoms. The third-order valence-electron chi connectivity index (χ3n) is 12.7. The second kappa shape index (κ2) is 18.8. The summed E-state index contributed by atoms with van der Waals surface area (Å²) in [7, 11) is 0. The van der Waals surface area contributed by atoms with Gasteiger partial charge in [-0.05, 0) is 28.8 Å². The lowest BCUT2D eigenvalue weighted by Gasteiger charge is -2.48. The number of esters is 1. The van der Waals surface area contributed by atoms with E-state index in [2.05, 4.69) is 10.6 Å². The molecule has 342 valence electrons. The zero-order chi connectivity index (χ0) is 45.3. The van der Waals surface area contributed by atoms with E-state index in [-0.39, 0.29) is 45.2 Å². The van der Waals surface area contributed by atoms with Crippen molar-refractivity contribution in [2.45, 2.75) is 86.5 Å². The van der Waals surface area contributed by atoms with Gasteiger partial charge in [0.15, 0.2) is 12.3 Å². The molecule has 5 fully saturated rings. The molecule has 0 radical (unpaired) electrons. The molecule has 17 nitrogen and oxygen atoms in total. The van der Waals surface area contributed by atoms with Crippen LogP contribution in [-0.2, 0) is 57.0 Å². The van der Waals surface area contributed by atoms with Gasteiger partial charge in [-0.3, -0.25) is 19.2 Å². The second-order valence-electron chi connectivity index (χ2n) is 16.8. The average Bonchev–Trinajstić information content (AvgIpc) is 3.92. The molecule has 7 N–H and O–H groups in total. The van der Waals surface area contributed by atoms with Crippen LogP contribution < -0.4 is 10.6 Å². The van der Waals surface area contributed by atoms with Gasteiger partial charge in [0.05, 0.1) is 26.4 Å². The Labute approximate surface area is 374 Å². The highest BCUT2D eigenvalue weighted by molar-refractivity contribution is 5.95. The maximum absolute atomic E-state index is 15.0. The molecule has 65 heavy (non-hydrogen) atoms. The Kier molecular flexibility index (Phi) is 13.0. The molecule has 9 rings (SSSR count). The highest BCUT2D eigenvalue weighted by atomic mass is 16.8. The number of carbonyl (C=O) groups excluding carboxylic acids is 3. The van der Waals surface area contributed by atoms with Crippen LogP contribution >= 0.6 is 0 Å². The van der Waals surface area contributed by atoms with E-state index in [1.807, 2.05) is 84.9 Å². The Morgan fingerprint density at radius 3 is 2.25 bits per heavy atom. The molecule has 2 amide bonds. The highest BCUT2D eigenvalue weighted by Gasteiger charge is 2.76. The van der Waals surface area contributed by atoms with Gasteiger partial charge in [0.25, 0.3) is 5.91 Å². The summed E-state index contributed by atoms with van der Waals surface area (Å²) in [5.74, 6) is -2.91. The van der Waals surface area contributed by atoms with Gasteiger partial charge >= 0.3 is 5.97 Å². The van der Waals surface area contributed by atoms with Crippen molar-refractivity contribution in [1.82, 2.24) is 15.7 Å². The lowest BCUT2D eigenvalue weighted by atomic mass is 9.62. The Hall–Kier alpha value is -5.41. The number of hydrogen-bond donors (Lipinski definition) is 7. The van der Waals surface area contributed by atoms with Gasteiger partial charge in [0, 0.05) is 36.2 Å².